The Morgan fingerprint density at radius 2 is 2.00 bits per heavy atom. The summed E-state index contributed by atoms with van der Waals surface area (Å²) in [5.41, 5.74) is 5.83. The standard InChI is InChI=1S/C14H30N2/c1-3-5-9-13(7-4-2)16-14-10-6-8-12(14)11-15/h12-14,16H,3-11,15H2,1-2H3. The van der Waals surface area contributed by atoms with E-state index in [9.17, 15) is 0 Å². The minimum atomic E-state index is 0.707. The quantitative estimate of drug-likeness (QED) is 0.667. The van der Waals surface area contributed by atoms with Gasteiger partial charge in [0.15, 0.2) is 0 Å². The van der Waals surface area contributed by atoms with Gasteiger partial charge in [0.2, 0.25) is 0 Å². The van der Waals surface area contributed by atoms with Crippen LogP contribution in [0.5, 0.6) is 0 Å². The fourth-order valence-corrected chi connectivity index (χ4v) is 2.95. The Labute approximate surface area is 101 Å². The second kappa shape index (κ2) is 8.08. The molecule has 96 valence electrons. The minimum absolute atomic E-state index is 0.707. The maximum absolute atomic E-state index is 5.83. The van der Waals surface area contributed by atoms with Crippen molar-refractivity contribution in [2.45, 2.75) is 77.3 Å². The van der Waals surface area contributed by atoms with E-state index in [4.69, 9.17) is 5.73 Å². The topological polar surface area (TPSA) is 38.0 Å². The summed E-state index contributed by atoms with van der Waals surface area (Å²) in [6.07, 6.45) is 10.7. The lowest BCUT2D eigenvalue weighted by Gasteiger charge is -2.26. The third kappa shape index (κ3) is 4.42. The Balaban J connectivity index is 2.34. The molecule has 0 spiro atoms. The van der Waals surface area contributed by atoms with Crippen LogP contribution in [0.25, 0.3) is 0 Å². The van der Waals surface area contributed by atoms with Gasteiger partial charge < -0.3 is 11.1 Å². The summed E-state index contributed by atoms with van der Waals surface area (Å²) >= 11 is 0. The number of rotatable bonds is 8. The van der Waals surface area contributed by atoms with Crippen LogP contribution in [0.4, 0.5) is 0 Å². The van der Waals surface area contributed by atoms with Crippen molar-refractivity contribution in [3.63, 3.8) is 0 Å². The molecule has 2 heteroatoms. The van der Waals surface area contributed by atoms with E-state index < -0.39 is 0 Å². The van der Waals surface area contributed by atoms with Crippen LogP contribution in [-0.4, -0.2) is 18.6 Å². The van der Waals surface area contributed by atoms with Crippen LogP contribution >= 0.6 is 0 Å². The van der Waals surface area contributed by atoms with E-state index in [-0.39, 0.29) is 0 Å². The molecule has 1 fully saturated rings. The summed E-state index contributed by atoms with van der Waals surface area (Å²) in [5.74, 6) is 0.737. The van der Waals surface area contributed by atoms with Gasteiger partial charge in [0.05, 0.1) is 0 Å². The SMILES string of the molecule is CCCCC(CCC)NC1CCCC1CN. The molecule has 3 unspecified atom stereocenters. The molecular formula is C14H30N2. The maximum Gasteiger partial charge on any atom is 0.0110 e. The fraction of sp³-hybridized carbons (Fsp3) is 1.00. The van der Waals surface area contributed by atoms with E-state index >= 15 is 0 Å². The highest BCUT2D eigenvalue weighted by molar-refractivity contribution is 4.86. The summed E-state index contributed by atoms with van der Waals surface area (Å²) < 4.78 is 0. The molecule has 2 nitrogen and oxygen atoms in total. The monoisotopic (exact) mass is 226 g/mol. The average molecular weight is 226 g/mol. The summed E-state index contributed by atoms with van der Waals surface area (Å²) in [7, 11) is 0. The first-order valence-electron chi connectivity index (χ1n) is 7.27. The van der Waals surface area contributed by atoms with Gasteiger partial charge in [-0.25, -0.2) is 0 Å². The van der Waals surface area contributed by atoms with Gasteiger partial charge in [-0.15, -0.1) is 0 Å². The molecule has 3 atom stereocenters. The molecule has 0 aromatic carbocycles. The van der Waals surface area contributed by atoms with Crippen LogP contribution < -0.4 is 11.1 Å². The molecule has 1 aliphatic rings. The molecule has 1 aliphatic carbocycles. The molecule has 0 aromatic rings. The van der Waals surface area contributed by atoms with Crippen molar-refractivity contribution in [2.24, 2.45) is 11.7 Å². The predicted octanol–water partition coefficient (Wildman–Crippen LogP) is 3.06. The molecule has 0 amide bonds. The second-order valence-corrected chi connectivity index (χ2v) is 5.33. The highest BCUT2D eigenvalue weighted by Gasteiger charge is 2.27. The lowest BCUT2D eigenvalue weighted by molar-refractivity contribution is 0.330. The van der Waals surface area contributed by atoms with Crippen molar-refractivity contribution in [1.82, 2.24) is 5.32 Å². The van der Waals surface area contributed by atoms with Gasteiger partial charge in [-0.2, -0.15) is 0 Å². The van der Waals surface area contributed by atoms with Gasteiger partial charge in [-0.05, 0) is 38.1 Å². The van der Waals surface area contributed by atoms with Gasteiger partial charge in [-0.3, -0.25) is 0 Å². The van der Waals surface area contributed by atoms with Crippen molar-refractivity contribution < 1.29 is 0 Å². The van der Waals surface area contributed by atoms with Crippen LogP contribution in [-0.2, 0) is 0 Å². The molecule has 3 N–H and O–H groups in total. The zero-order valence-electron chi connectivity index (χ0n) is 11.2. The average Bonchev–Trinajstić information content (AvgIpc) is 2.73. The Morgan fingerprint density at radius 1 is 1.19 bits per heavy atom. The van der Waals surface area contributed by atoms with Crippen LogP contribution in [0.3, 0.4) is 0 Å². The number of hydrogen-bond acceptors (Lipinski definition) is 2. The molecule has 16 heavy (non-hydrogen) atoms. The van der Waals surface area contributed by atoms with Gasteiger partial charge >= 0.3 is 0 Å². The normalized spacial score (nSPS) is 27.2. The molecule has 0 heterocycles. The Bertz CT molecular complexity index is 170. The van der Waals surface area contributed by atoms with Crippen molar-refractivity contribution in [3.05, 3.63) is 0 Å². The summed E-state index contributed by atoms with van der Waals surface area (Å²) in [5, 5.41) is 3.87. The fourth-order valence-electron chi connectivity index (χ4n) is 2.95. The van der Waals surface area contributed by atoms with Crippen LogP contribution in [0.1, 0.15) is 65.2 Å². The van der Waals surface area contributed by atoms with E-state index in [1.807, 2.05) is 0 Å². The summed E-state index contributed by atoms with van der Waals surface area (Å²) in [6, 6.07) is 1.44. The lowest BCUT2D eigenvalue weighted by Crippen LogP contribution is -2.42. The highest BCUT2D eigenvalue weighted by Crippen LogP contribution is 2.25. The van der Waals surface area contributed by atoms with Crippen molar-refractivity contribution in [1.29, 1.82) is 0 Å². The largest absolute Gasteiger partial charge is 0.330 e. The molecular weight excluding hydrogens is 196 g/mol. The van der Waals surface area contributed by atoms with Crippen LogP contribution in [0, 0.1) is 5.92 Å². The van der Waals surface area contributed by atoms with E-state index in [0.717, 1.165) is 18.5 Å². The predicted molar refractivity (Wildman–Crippen MR) is 71.5 cm³/mol. The molecule has 0 aromatic heterocycles. The molecule has 0 saturated heterocycles. The summed E-state index contributed by atoms with van der Waals surface area (Å²) in [4.78, 5) is 0. The van der Waals surface area contributed by atoms with Gasteiger partial charge in [0.25, 0.3) is 0 Å². The van der Waals surface area contributed by atoms with Crippen molar-refractivity contribution in [2.75, 3.05) is 6.54 Å². The third-order valence-electron chi connectivity index (χ3n) is 3.95. The molecule has 1 rings (SSSR count). The van der Waals surface area contributed by atoms with Gasteiger partial charge in [0, 0.05) is 12.1 Å². The van der Waals surface area contributed by atoms with E-state index in [0.29, 0.717) is 6.04 Å². The first-order valence-corrected chi connectivity index (χ1v) is 7.27. The lowest BCUT2D eigenvalue weighted by atomic mass is 9.99. The Morgan fingerprint density at radius 3 is 2.62 bits per heavy atom. The van der Waals surface area contributed by atoms with Crippen molar-refractivity contribution >= 4 is 0 Å². The molecule has 0 radical (unpaired) electrons. The maximum atomic E-state index is 5.83. The summed E-state index contributed by atoms with van der Waals surface area (Å²) in [6.45, 7) is 5.43. The minimum Gasteiger partial charge on any atom is -0.330 e. The van der Waals surface area contributed by atoms with Crippen LogP contribution in [0.2, 0.25) is 0 Å². The smallest absolute Gasteiger partial charge is 0.0110 e. The van der Waals surface area contributed by atoms with Crippen molar-refractivity contribution in [3.8, 4) is 0 Å². The first-order chi connectivity index (χ1) is 7.81. The zero-order chi connectivity index (χ0) is 11.8. The van der Waals surface area contributed by atoms with Gasteiger partial charge in [0.1, 0.15) is 0 Å². The van der Waals surface area contributed by atoms with Crippen LogP contribution in [0.15, 0.2) is 0 Å². The molecule has 0 bridgehead atoms. The van der Waals surface area contributed by atoms with Gasteiger partial charge in [-0.1, -0.05) is 39.5 Å². The Hall–Kier alpha value is -0.0800. The number of hydrogen-bond donors (Lipinski definition) is 2. The third-order valence-corrected chi connectivity index (χ3v) is 3.95. The number of nitrogens with one attached hydrogen (secondary N) is 1. The number of nitrogens with two attached hydrogens (primary N) is 1. The second-order valence-electron chi connectivity index (χ2n) is 5.33. The first kappa shape index (κ1) is 14.0. The number of unbranched alkanes of at least 4 members (excludes halogenated alkanes) is 1. The van der Waals surface area contributed by atoms with E-state index in [1.54, 1.807) is 0 Å². The van der Waals surface area contributed by atoms with E-state index in [2.05, 4.69) is 19.2 Å². The molecule has 0 aliphatic heterocycles. The Kier molecular flexibility index (Phi) is 7.06. The molecule has 1 saturated carbocycles. The zero-order valence-corrected chi connectivity index (χ0v) is 11.2. The van der Waals surface area contributed by atoms with E-state index in [1.165, 1.54) is 51.4 Å². The highest BCUT2D eigenvalue weighted by atomic mass is 15.0.